The van der Waals surface area contributed by atoms with Gasteiger partial charge >= 0.3 is 12.0 Å². The van der Waals surface area contributed by atoms with Gasteiger partial charge in [0.2, 0.25) is 11.8 Å². The van der Waals surface area contributed by atoms with Crippen LogP contribution in [0.1, 0.15) is 28.7 Å². The predicted octanol–water partition coefficient (Wildman–Crippen LogP) is 0.542. The minimum atomic E-state index is -4.61. The highest BCUT2D eigenvalue weighted by molar-refractivity contribution is 7.91. The molecule has 2 rings (SSSR count). The molecule has 0 aliphatic carbocycles. The molecule has 0 saturated carbocycles. The Kier molecular flexibility index (Phi) is 6.27. The summed E-state index contributed by atoms with van der Waals surface area (Å²) in [6.45, 7) is 1.22. The topological polar surface area (TPSA) is 160 Å². The minimum Gasteiger partial charge on any atom is -0.481 e. The number of ether oxygens (including phenoxy) is 3. The lowest BCUT2D eigenvalue weighted by atomic mass is 9.94. The van der Waals surface area contributed by atoms with Gasteiger partial charge in [0.1, 0.15) is 0 Å². The number of hydrogen-bond acceptors (Lipinski definition) is 9. The van der Waals surface area contributed by atoms with E-state index in [9.17, 15) is 18.0 Å². The molecule has 156 valence electrons. The molecule has 0 fully saturated rings. The number of amides is 2. The number of sulfonamides is 1. The zero-order chi connectivity index (χ0) is 21.8. The summed E-state index contributed by atoms with van der Waals surface area (Å²) in [5.41, 5.74) is 4.94. The lowest BCUT2D eigenvalue weighted by Gasteiger charge is -2.29. The van der Waals surface area contributed by atoms with E-state index >= 15 is 0 Å². The van der Waals surface area contributed by atoms with Crippen molar-refractivity contribution in [3.63, 3.8) is 0 Å². The summed E-state index contributed by atoms with van der Waals surface area (Å²) in [7, 11) is -0.818. The van der Waals surface area contributed by atoms with Gasteiger partial charge in [0.15, 0.2) is 10.6 Å². The molecule has 1 atom stereocenters. The number of nitrogens with one attached hydrogen (secondary N) is 1. The Hall–Kier alpha value is -3.41. The Bertz CT molecular complexity index is 1020. The molecule has 1 aromatic heterocycles. The van der Waals surface area contributed by atoms with Crippen molar-refractivity contribution in [2.45, 2.75) is 11.7 Å². The van der Waals surface area contributed by atoms with Crippen LogP contribution in [0.15, 0.2) is 30.3 Å². The van der Waals surface area contributed by atoms with Crippen LogP contribution in [-0.2, 0) is 19.5 Å². The normalized spacial score (nSPS) is 13.1. The third-order valence-corrected chi connectivity index (χ3v) is 6.09. The molecule has 0 aliphatic heterocycles. The van der Waals surface area contributed by atoms with Gasteiger partial charge in [-0.05, 0) is 18.6 Å². The second kappa shape index (κ2) is 8.31. The van der Waals surface area contributed by atoms with Crippen LogP contribution >= 0.6 is 0 Å². The van der Waals surface area contributed by atoms with Gasteiger partial charge in [0, 0.05) is 0 Å². The maximum atomic E-state index is 13.2. The van der Waals surface area contributed by atoms with Crippen LogP contribution < -0.4 is 19.9 Å². The number of esters is 1. The molecule has 29 heavy (non-hydrogen) atoms. The van der Waals surface area contributed by atoms with Crippen LogP contribution in [0.5, 0.6) is 11.8 Å². The van der Waals surface area contributed by atoms with Crippen LogP contribution in [0.2, 0.25) is 0 Å². The highest BCUT2D eigenvalue weighted by Gasteiger charge is 2.49. The summed E-state index contributed by atoms with van der Waals surface area (Å²) in [6, 6.07) is 5.80. The number of methoxy groups -OCH3 is 3. The first-order chi connectivity index (χ1) is 13.6. The number of urea groups is 1. The molecule has 0 radical (unpaired) electrons. The van der Waals surface area contributed by atoms with E-state index in [1.54, 1.807) is 4.72 Å². The van der Waals surface area contributed by atoms with Crippen molar-refractivity contribution in [1.82, 2.24) is 14.7 Å². The molecule has 0 bridgehead atoms. The molecule has 1 heterocycles. The predicted molar refractivity (Wildman–Crippen MR) is 101 cm³/mol. The first kappa shape index (κ1) is 21.9. The SMILES string of the molecule is COC(=O)c1ccccc1C(C)(c1nc(OC)cc(OC)n1)S(=O)(=O)NC(N)=O. The number of carbonyl (C=O) groups is 2. The van der Waals surface area contributed by atoms with Crippen molar-refractivity contribution in [1.29, 1.82) is 0 Å². The number of aromatic nitrogens is 2. The van der Waals surface area contributed by atoms with Gasteiger partial charge in [-0.3, -0.25) is 0 Å². The standard InChI is InChI=1S/C17H20N4O7S/c1-17(29(24,25)21-16(18)23,11-8-6-5-7-10(11)14(22)28-4)15-19-12(26-2)9-13(20-15)27-3/h5-9H,1-4H3,(H3,18,21,23). The summed E-state index contributed by atoms with van der Waals surface area (Å²) < 4.78 is 40.9. The Labute approximate surface area is 167 Å². The van der Waals surface area contributed by atoms with Crippen LogP contribution in [-0.4, -0.2) is 51.7 Å². The zero-order valence-electron chi connectivity index (χ0n) is 16.1. The number of benzene rings is 1. The second-order valence-electron chi connectivity index (χ2n) is 5.82. The van der Waals surface area contributed by atoms with Gasteiger partial charge in [-0.25, -0.2) is 22.7 Å². The van der Waals surface area contributed by atoms with Gasteiger partial charge in [0.05, 0.1) is 33.0 Å². The highest BCUT2D eigenvalue weighted by Crippen LogP contribution is 2.38. The molecule has 0 aliphatic rings. The quantitative estimate of drug-likeness (QED) is 0.605. The fourth-order valence-electron chi connectivity index (χ4n) is 2.63. The van der Waals surface area contributed by atoms with E-state index in [-0.39, 0.29) is 28.7 Å². The largest absolute Gasteiger partial charge is 0.481 e. The number of nitrogens with zero attached hydrogens (tertiary/aromatic N) is 2. The van der Waals surface area contributed by atoms with E-state index in [1.807, 2.05) is 0 Å². The summed E-state index contributed by atoms with van der Waals surface area (Å²) >= 11 is 0. The van der Waals surface area contributed by atoms with Crippen molar-refractivity contribution in [3.05, 3.63) is 47.3 Å². The van der Waals surface area contributed by atoms with Crippen molar-refractivity contribution in [2.75, 3.05) is 21.3 Å². The number of rotatable bonds is 7. The van der Waals surface area contributed by atoms with Gasteiger partial charge in [0.25, 0.3) is 10.0 Å². The zero-order valence-corrected chi connectivity index (χ0v) is 16.9. The van der Waals surface area contributed by atoms with Gasteiger partial charge in [-0.1, -0.05) is 18.2 Å². The Morgan fingerprint density at radius 3 is 2.10 bits per heavy atom. The molecule has 11 nitrogen and oxygen atoms in total. The summed E-state index contributed by atoms with van der Waals surface area (Å²) in [6.07, 6.45) is 0. The average molecular weight is 424 g/mol. The van der Waals surface area contributed by atoms with Crippen LogP contribution in [0.3, 0.4) is 0 Å². The first-order valence-corrected chi connectivity index (χ1v) is 9.56. The monoisotopic (exact) mass is 424 g/mol. The molecule has 12 heteroatoms. The average Bonchev–Trinajstić information content (AvgIpc) is 2.70. The molecule has 1 aromatic carbocycles. The maximum Gasteiger partial charge on any atom is 0.338 e. The molecular formula is C17H20N4O7S. The summed E-state index contributed by atoms with van der Waals surface area (Å²) in [4.78, 5) is 31.9. The molecule has 2 amide bonds. The van der Waals surface area contributed by atoms with E-state index in [4.69, 9.17) is 19.9 Å². The van der Waals surface area contributed by atoms with Crippen LogP contribution in [0, 0.1) is 0 Å². The molecule has 3 N–H and O–H groups in total. The van der Waals surface area contributed by atoms with Crippen molar-refractivity contribution < 1.29 is 32.2 Å². The van der Waals surface area contributed by atoms with Gasteiger partial charge < -0.3 is 19.9 Å². The molecular weight excluding hydrogens is 404 g/mol. The van der Waals surface area contributed by atoms with E-state index < -0.39 is 26.8 Å². The molecule has 0 spiro atoms. The van der Waals surface area contributed by atoms with Gasteiger partial charge in [-0.15, -0.1) is 0 Å². The Morgan fingerprint density at radius 2 is 1.62 bits per heavy atom. The minimum absolute atomic E-state index is 0.00268. The summed E-state index contributed by atoms with van der Waals surface area (Å²) in [5, 5.41) is 0. The van der Waals surface area contributed by atoms with E-state index in [0.29, 0.717) is 0 Å². The van der Waals surface area contributed by atoms with Crippen molar-refractivity contribution >= 4 is 22.0 Å². The Balaban J connectivity index is 2.94. The van der Waals surface area contributed by atoms with Crippen molar-refractivity contribution in [2.24, 2.45) is 5.73 Å². The van der Waals surface area contributed by atoms with Crippen LogP contribution in [0.4, 0.5) is 4.79 Å². The van der Waals surface area contributed by atoms with Crippen molar-refractivity contribution in [3.8, 4) is 11.8 Å². The van der Waals surface area contributed by atoms with Crippen LogP contribution in [0.25, 0.3) is 0 Å². The lowest BCUT2D eigenvalue weighted by Crippen LogP contribution is -2.48. The third-order valence-electron chi connectivity index (χ3n) is 4.14. The number of nitrogens with two attached hydrogens (primary N) is 1. The number of carbonyl (C=O) groups excluding carboxylic acids is 2. The number of primary amides is 1. The second-order valence-corrected chi connectivity index (χ2v) is 7.84. The molecule has 2 aromatic rings. The fraction of sp³-hybridized carbons (Fsp3) is 0.294. The van der Waals surface area contributed by atoms with E-state index in [0.717, 1.165) is 7.11 Å². The Morgan fingerprint density at radius 1 is 1.07 bits per heavy atom. The number of hydrogen-bond donors (Lipinski definition) is 2. The molecule has 0 saturated heterocycles. The smallest absolute Gasteiger partial charge is 0.338 e. The summed E-state index contributed by atoms with van der Waals surface area (Å²) in [5.74, 6) is -1.11. The van der Waals surface area contributed by atoms with E-state index in [2.05, 4.69) is 9.97 Å². The lowest BCUT2D eigenvalue weighted by molar-refractivity contribution is 0.0599. The maximum absolute atomic E-state index is 13.2. The highest BCUT2D eigenvalue weighted by atomic mass is 32.2. The fourth-order valence-corrected chi connectivity index (χ4v) is 3.90. The third kappa shape index (κ3) is 4.06. The van der Waals surface area contributed by atoms with Gasteiger partial charge in [-0.2, -0.15) is 9.97 Å². The molecule has 1 unspecified atom stereocenters. The van der Waals surface area contributed by atoms with E-state index in [1.165, 1.54) is 51.5 Å². The first-order valence-electron chi connectivity index (χ1n) is 8.07.